The monoisotopic (exact) mass is 402 g/mol. The predicted octanol–water partition coefficient (Wildman–Crippen LogP) is 3.88. The van der Waals surface area contributed by atoms with Crippen LogP contribution in [0.5, 0.6) is 0 Å². The number of rotatable bonds is 5. The van der Waals surface area contributed by atoms with Crippen LogP contribution in [0.4, 0.5) is 24.5 Å². The molecule has 1 N–H and O–H groups in total. The van der Waals surface area contributed by atoms with Crippen LogP contribution in [0.3, 0.4) is 0 Å². The standard InChI is InChI=1S/C21H21F3N4O/c22-21(23,24)18-14-17(6-7-19(18)26-20(29)8-9-25)28-12-10-27(11-13-28)15-16-4-2-1-3-5-16/h1-7,14H,8,10-13,15H2,(H,26,29). The van der Waals surface area contributed by atoms with E-state index in [2.05, 4.69) is 22.3 Å². The van der Waals surface area contributed by atoms with E-state index < -0.39 is 24.1 Å². The van der Waals surface area contributed by atoms with E-state index in [1.807, 2.05) is 23.1 Å². The van der Waals surface area contributed by atoms with E-state index in [0.29, 0.717) is 18.8 Å². The molecule has 152 valence electrons. The van der Waals surface area contributed by atoms with Crippen LogP contribution in [-0.2, 0) is 17.5 Å². The summed E-state index contributed by atoms with van der Waals surface area (Å²) in [6.07, 6.45) is -5.11. The third-order valence-electron chi connectivity index (χ3n) is 4.81. The van der Waals surface area contributed by atoms with Crippen LogP contribution in [0.15, 0.2) is 48.5 Å². The second-order valence-corrected chi connectivity index (χ2v) is 6.86. The summed E-state index contributed by atoms with van der Waals surface area (Å²) in [6.45, 7) is 3.54. The number of benzene rings is 2. The minimum atomic E-state index is -4.61. The van der Waals surface area contributed by atoms with Crippen molar-refractivity contribution in [2.75, 3.05) is 36.4 Å². The van der Waals surface area contributed by atoms with E-state index >= 15 is 0 Å². The number of nitrogens with zero attached hydrogens (tertiary/aromatic N) is 3. The lowest BCUT2D eigenvalue weighted by molar-refractivity contribution is -0.136. The fourth-order valence-corrected chi connectivity index (χ4v) is 3.34. The molecule has 0 aliphatic carbocycles. The van der Waals surface area contributed by atoms with Gasteiger partial charge in [-0.05, 0) is 23.8 Å². The zero-order valence-corrected chi connectivity index (χ0v) is 15.7. The Morgan fingerprint density at radius 1 is 1.07 bits per heavy atom. The molecule has 1 saturated heterocycles. The van der Waals surface area contributed by atoms with Crippen LogP contribution in [0.25, 0.3) is 0 Å². The van der Waals surface area contributed by atoms with Crippen molar-refractivity contribution in [1.29, 1.82) is 5.26 Å². The van der Waals surface area contributed by atoms with Gasteiger partial charge in [0.15, 0.2) is 0 Å². The summed E-state index contributed by atoms with van der Waals surface area (Å²) in [5.41, 5.74) is 0.435. The molecule has 0 atom stereocenters. The second kappa shape index (κ2) is 8.97. The number of alkyl halides is 3. The van der Waals surface area contributed by atoms with E-state index in [-0.39, 0.29) is 5.69 Å². The number of halogens is 3. The lowest BCUT2D eigenvalue weighted by atomic mass is 10.1. The van der Waals surface area contributed by atoms with Crippen molar-refractivity contribution in [3.63, 3.8) is 0 Å². The van der Waals surface area contributed by atoms with Gasteiger partial charge >= 0.3 is 6.18 Å². The van der Waals surface area contributed by atoms with Gasteiger partial charge in [0, 0.05) is 38.4 Å². The molecule has 0 aromatic heterocycles. The van der Waals surface area contributed by atoms with Crippen molar-refractivity contribution < 1.29 is 18.0 Å². The van der Waals surface area contributed by atoms with E-state index in [4.69, 9.17) is 5.26 Å². The highest BCUT2D eigenvalue weighted by Gasteiger charge is 2.35. The van der Waals surface area contributed by atoms with Crippen LogP contribution in [0.1, 0.15) is 17.5 Å². The van der Waals surface area contributed by atoms with E-state index in [1.165, 1.54) is 11.6 Å². The number of amides is 1. The minimum Gasteiger partial charge on any atom is -0.369 e. The molecule has 5 nitrogen and oxygen atoms in total. The maximum absolute atomic E-state index is 13.5. The van der Waals surface area contributed by atoms with Gasteiger partial charge in [-0.1, -0.05) is 30.3 Å². The molecule has 1 heterocycles. The molecule has 29 heavy (non-hydrogen) atoms. The van der Waals surface area contributed by atoms with Crippen LogP contribution >= 0.6 is 0 Å². The Balaban J connectivity index is 1.69. The van der Waals surface area contributed by atoms with Crippen molar-refractivity contribution in [1.82, 2.24) is 4.90 Å². The van der Waals surface area contributed by atoms with Gasteiger partial charge in [0.1, 0.15) is 6.42 Å². The lowest BCUT2D eigenvalue weighted by Gasteiger charge is -2.36. The van der Waals surface area contributed by atoms with Gasteiger partial charge in [0.2, 0.25) is 5.91 Å². The smallest absolute Gasteiger partial charge is 0.369 e. The van der Waals surface area contributed by atoms with Gasteiger partial charge in [-0.15, -0.1) is 0 Å². The number of nitrogens with one attached hydrogen (secondary N) is 1. The Labute approximate surface area is 167 Å². The SMILES string of the molecule is N#CCC(=O)Nc1ccc(N2CCN(Cc3ccccc3)CC2)cc1C(F)(F)F. The predicted molar refractivity (Wildman–Crippen MR) is 104 cm³/mol. The first-order valence-corrected chi connectivity index (χ1v) is 9.26. The Morgan fingerprint density at radius 2 is 1.76 bits per heavy atom. The molecule has 0 unspecified atom stereocenters. The van der Waals surface area contributed by atoms with Crippen LogP contribution in [0, 0.1) is 11.3 Å². The average molecular weight is 402 g/mol. The second-order valence-electron chi connectivity index (χ2n) is 6.86. The lowest BCUT2D eigenvalue weighted by Crippen LogP contribution is -2.46. The number of anilines is 2. The summed E-state index contributed by atoms with van der Waals surface area (Å²) in [7, 11) is 0. The fourth-order valence-electron chi connectivity index (χ4n) is 3.34. The summed E-state index contributed by atoms with van der Waals surface area (Å²) >= 11 is 0. The molecule has 1 aliphatic rings. The molecule has 1 aliphatic heterocycles. The Morgan fingerprint density at radius 3 is 2.38 bits per heavy atom. The van der Waals surface area contributed by atoms with E-state index in [0.717, 1.165) is 25.7 Å². The maximum atomic E-state index is 13.5. The zero-order chi connectivity index (χ0) is 20.9. The van der Waals surface area contributed by atoms with E-state index in [9.17, 15) is 18.0 Å². The average Bonchev–Trinajstić information content (AvgIpc) is 2.69. The molecular weight excluding hydrogens is 381 g/mol. The summed E-state index contributed by atoms with van der Waals surface area (Å²) in [5.74, 6) is -0.764. The summed E-state index contributed by atoms with van der Waals surface area (Å²) in [4.78, 5) is 15.7. The first kappa shape index (κ1) is 20.7. The van der Waals surface area contributed by atoms with Gasteiger partial charge in [0.25, 0.3) is 0 Å². The number of hydrogen-bond donors (Lipinski definition) is 1. The van der Waals surface area contributed by atoms with Crippen molar-refractivity contribution in [3.8, 4) is 6.07 Å². The number of carbonyl (C=O) groups excluding carboxylic acids is 1. The molecule has 1 amide bonds. The quantitative estimate of drug-likeness (QED) is 0.825. The molecule has 3 rings (SSSR count). The highest BCUT2D eigenvalue weighted by molar-refractivity contribution is 5.93. The summed E-state index contributed by atoms with van der Waals surface area (Å²) < 4.78 is 40.5. The molecule has 2 aromatic rings. The molecule has 0 saturated carbocycles. The molecular formula is C21H21F3N4O. The molecule has 0 radical (unpaired) electrons. The van der Waals surface area contributed by atoms with E-state index in [1.54, 1.807) is 12.1 Å². The normalized spacial score (nSPS) is 15.0. The highest BCUT2D eigenvalue weighted by atomic mass is 19.4. The summed E-state index contributed by atoms with van der Waals surface area (Å²) in [5, 5.41) is 10.7. The van der Waals surface area contributed by atoms with Crippen LogP contribution in [0.2, 0.25) is 0 Å². The van der Waals surface area contributed by atoms with Gasteiger partial charge < -0.3 is 10.2 Å². The molecule has 0 spiro atoms. The molecule has 0 bridgehead atoms. The topological polar surface area (TPSA) is 59.4 Å². The Hall–Kier alpha value is -3.05. The van der Waals surface area contributed by atoms with Crippen molar-refractivity contribution in [2.45, 2.75) is 19.1 Å². The Kier molecular flexibility index (Phi) is 6.39. The van der Waals surface area contributed by atoms with Gasteiger partial charge in [-0.2, -0.15) is 18.4 Å². The zero-order valence-electron chi connectivity index (χ0n) is 15.7. The minimum absolute atomic E-state index is 0.329. The van der Waals surface area contributed by atoms with Crippen molar-refractivity contribution in [2.24, 2.45) is 0 Å². The van der Waals surface area contributed by atoms with Crippen LogP contribution in [-0.4, -0.2) is 37.0 Å². The first-order valence-electron chi connectivity index (χ1n) is 9.26. The first-order chi connectivity index (χ1) is 13.9. The maximum Gasteiger partial charge on any atom is 0.418 e. The summed E-state index contributed by atoms with van der Waals surface area (Å²) in [6, 6.07) is 15.6. The number of nitriles is 1. The fraction of sp³-hybridized carbons (Fsp3) is 0.333. The molecule has 2 aromatic carbocycles. The third-order valence-corrected chi connectivity index (χ3v) is 4.81. The number of hydrogen-bond acceptors (Lipinski definition) is 4. The third kappa shape index (κ3) is 5.48. The van der Waals surface area contributed by atoms with Crippen molar-refractivity contribution in [3.05, 3.63) is 59.7 Å². The van der Waals surface area contributed by atoms with Gasteiger partial charge in [0.05, 0.1) is 17.3 Å². The number of piperazine rings is 1. The highest BCUT2D eigenvalue weighted by Crippen LogP contribution is 2.37. The van der Waals surface area contributed by atoms with Gasteiger partial charge in [-0.25, -0.2) is 0 Å². The van der Waals surface area contributed by atoms with Crippen molar-refractivity contribution >= 4 is 17.3 Å². The Bertz CT molecular complexity index is 885. The number of carbonyl (C=O) groups is 1. The molecule has 1 fully saturated rings. The van der Waals surface area contributed by atoms with Crippen LogP contribution < -0.4 is 10.2 Å². The molecule has 8 heteroatoms. The largest absolute Gasteiger partial charge is 0.418 e. The van der Waals surface area contributed by atoms with Gasteiger partial charge in [-0.3, -0.25) is 9.69 Å².